The van der Waals surface area contributed by atoms with Crippen LogP contribution in [0.4, 0.5) is 0 Å². The number of rotatable bonds is 10. The zero-order chi connectivity index (χ0) is 14.8. The van der Waals surface area contributed by atoms with Crippen molar-refractivity contribution in [1.29, 1.82) is 0 Å². The van der Waals surface area contributed by atoms with Crippen molar-refractivity contribution < 1.29 is 14.9 Å². The maximum Gasteiger partial charge on any atom is 0.162 e. The van der Waals surface area contributed by atoms with Gasteiger partial charge in [-0.25, -0.2) is 0 Å². The molecule has 0 spiro atoms. The molecule has 0 heterocycles. The number of hydrogen-bond acceptors (Lipinski definition) is 4. The van der Waals surface area contributed by atoms with Crippen molar-refractivity contribution in [1.82, 2.24) is 5.32 Å². The Bertz CT molecular complexity index is 376. The van der Waals surface area contributed by atoms with Crippen LogP contribution in [0.5, 0.6) is 11.5 Å². The number of aromatic hydroxyl groups is 1. The van der Waals surface area contributed by atoms with Gasteiger partial charge in [-0.1, -0.05) is 25.5 Å². The Kier molecular flexibility index (Phi) is 8.07. The Balaban J connectivity index is 2.50. The van der Waals surface area contributed by atoms with E-state index in [1.165, 1.54) is 0 Å². The van der Waals surface area contributed by atoms with E-state index in [9.17, 15) is 5.11 Å². The molecule has 0 fully saturated rings. The van der Waals surface area contributed by atoms with Crippen LogP contribution in [0.1, 0.15) is 38.7 Å². The lowest BCUT2D eigenvalue weighted by molar-refractivity contribution is 0.248. The van der Waals surface area contributed by atoms with Gasteiger partial charge in [0, 0.05) is 18.7 Å². The number of nitrogens with one attached hydrogen (secondary N) is 1. The molecule has 0 aliphatic rings. The fourth-order valence-corrected chi connectivity index (χ4v) is 2.33. The fourth-order valence-electron chi connectivity index (χ4n) is 2.33. The van der Waals surface area contributed by atoms with Crippen molar-refractivity contribution in [3.8, 4) is 11.5 Å². The van der Waals surface area contributed by atoms with E-state index < -0.39 is 0 Å². The Morgan fingerprint density at radius 2 is 2.05 bits per heavy atom. The largest absolute Gasteiger partial charge is 0.504 e. The highest BCUT2D eigenvalue weighted by atomic mass is 16.5. The van der Waals surface area contributed by atoms with Crippen LogP contribution in [0.15, 0.2) is 18.2 Å². The van der Waals surface area contributed by atoms with E-state index in [-0.39, 0.29) is 12.4 Å². The molecule has 1 unspecified atom stereocenters. The minimum Gasteiger partial charge on any atom is -0.504 e. The summed E-state index contributed by atoms with van der Waals surface area (Å²) >= 11 is 0. The summed E-state index contributed by atoms with van der Waals surface area (Å²) < 4.78 is 5.37. The Labute approximate surface area is 121 Å². The van der Waals surface area contributed by atoms with Crippen molar-refractivity contribution >= 4 is 0 Å². The minimum absolute atomic E-state index is 0.219. The van der Waals surface area contributed by atoms with Crippen LogP contribution in [0, 0.1) is 5.92 Å². The maximum absolute atomic E-state index is 10.1. The van der Waals surface area contributed by atoms with Gasteiger partial charge < -0.3 is 20.3 Å². The van der Waals surface area contributed by atoms with E-state index in [0.29, 0.717) is 24.8 Å². The molecule has 0 aromatic heterocycles. The molecule has 0 aliphatic carbocycles. The van der Waals surface area contributed by atoms with Crippen LogP contribution in [-0.4, -0.2) is 30.0 Å². The van der Waals surface area contributed by atoms with E-state index in [0.717, 1.165) is 31.4 Å². The lowest BCUT2D eigenvalue weighted by Crippen LogP contribution is -2.23. The molecule has 20 heavy (non-hydrogen) atoms. The first-order valence-corrected chi connectivity index (χ1v) is 7.48. The second kappa shape index (κ2) is 9.61. The van der Waals surface area contributed by atoms with Gasteiger partial charge in [0.1, 0.15) is 0 Å². The number of phenols is 1. The van der Waals surface area contributed by atoms with Gasteiger partial charge in [-0.2, -0.15) is 0 Å². The molecular weight excluding hydrogens is 254 g/mol. The molecule has 1 atom stereocenters. The van der Waals surface area contributed by atoms with Crippen molar-refractivity contribution in [2.24, 2.45) is 5.92 Å². The maximum atomic E-state index is 10.1. The lowest BCUT2D eigenvalue weighted by atomic mass is 10.00. The van der Waals surface area contributed by atoms with E-state index in [1.807, 2.05) is 19.1 Å². The fraction of sp³-hybridized carbons (Fsp3) is 0.625. The number of aliphatic hydroxyl groups excluding tert-OH is 1. The molecule has 114 valence electrons. The Hall–Kier alpha value is -1.26. The molecule has 0 saturated heterocycles. The second-order valence-corrected chi connectivity index (χ2v) is 4.99. The minimum atomic E-state index is 0.219. The molecule has 0 aliphatic heterocycles. The van der Waals surface area contributed by atoms with E-state index in [2.05, 4.69) is 12.2 Å². The van der Waals surface area contributed by atoms with Crippen LogP contribution in [-0.2, 0) is 6.54 Å². The van der Waals surface area contributed by atoms with Crippen molar-refractivity contribution in [2.45, 2.75) is 39.7 Å². The molecule has 0 bridgehead atoms. The van der Waals surface area contributed by atoms with Crippen LogP contribution in [0.25, 0.3) is 0 Å². The summed E-state index contributed by atoms with van der Waals surface area (Å²) in [6, 6.07) is 5.55. The molecular formula is C16H27NO3. The van der Waals surface area contributed by atoms with Gasteiger partial charge in [-0.05, 0) is 38.3 Å². The topological polar surface area (TPSA) is 61.7 Å². The first-order valence-electron chi connectivity index (χ1n) is 7.48. The average molecular weight is 281 g/mol. The summed E-state index contributed by atoms with van der Waals surface area (Å²) in [4.78, 5) is 0. The first kappa shape index (κ1) is 16.8. The second-order valence-electron chi connectivity index (χ2n) is 4.99. The predicted molar refractivity (Wildman–Crippen MR) is 81.1 cm³/mol. The predicted octanol–water partition coefficient (Wildman–Crippen LogP) is 2.68. The number of hydrogen-bond donors (Lipinski definition) is 3. The number of aliphatic hydroxyl groups is 1. The standard InChI is InChI=1S/C16H27NO3/c1-3-6-13(9-10-18)11-17-12-14-7-5-8-15(16(14)19)20-4-2/h5,7-8,13,17-19H,3-4,6,9-12H2,1-2H3. The summed E-state index contributed by atoms with van der Waals surface area (Å²) in [6.45, 7) is 6.29. The van der Waals surface area contributed by atoms with Crippen molar-refractivity contribution in [3.63, 3.8) is 0 Å². The SMILES string of the molecule is CCCC(CCO)CNCc1cccc(OCC)c1O. The molecule has 4 nitrogen and oxygen atoms in total. The van der Waals surface area contributed by atoms with Crippen molar-refractivity contribution in [3.05, 3.63) is 23.8 Å². The normalized spacial score (nSPS) is 12.3. The molecule has 3 N–H and O–H groups in total. The molecule has 1 rings (SSSR count). The zero-order valence-corrected chi connectivity index (χ0v) is 12.6. The number of benzene rings is 1. The van der Waals surface area contributed by atoms with Gasteiger partial charge in [-0.3, -0.25) is 0 Å². The zero-order valence-electron chi connectivity index (χ0n) is 12.6. The van der Waals surface area contributed by atoms with Crippen LogP contribution in [0.3, 0.4) is 0 Å². The Morgan fingerprint density at radius 3 is 2.70 bits per heavy atom. The molecule has 4 heteroatoms. The van der Waals surface area contributed by atoms with Crippen LogP contribution in [0.2, 0.25) is 0 Å². The smallest absolute Gasteiger partial charge is 0.162 e. The average Bonchev–Trinajstić information content (AvgIpc) is 2.43. The van der Waals surface area contributed by atoms with Gasteiger partial charge in [0.25, 0.3) is 0 Å². The van der Waals surface area contributed by atoms with Crippen LogP contribution < -0.4 is 10.1 Å². The number of para-hydroxylation sites is 1. The summed E-state index contributed by atoms with van der Waals surface area (Å²) in [5, 5.41) is 22.5. The summed E-state index contributed by atoms with van der Waals surface area (Å²) in [6.07, 6.45) is 3.06. The molecule has 0 amide bonds. The molecule has 1 aromatic rings. The Morgan fingerprint density at radius 1 is 1.25 bits per heavy atom. The van der Waals surface area contributed by atoms with Gasteiger partial charge in [-0.15, -0.1) is 0 Å². The molecule has 0 radical (unpaired) electrons. The van der Waals surface area contributed by atoms with E-state index >= 15 is 0 Å². The first-order chi connectivity index (χ1) is 9.72. The van der Waals surface area contributed by atoms with Gasteiger partial charge in [0.15, 0.2) is 11.5 Å². The third-order valence-electron chi connectivity index (χ3n) is 3.37. The van der Waals surface area contributed by atoms with Gasteiger partial charge in [0.05, 0.1) is 6.61 Å². The summed E-state index contributed by atoms with van der Waals surface area (Å²) in [7, 11) is 0. The molecule has 1 aromatic carbocycles. The van der Waals surface area contributed by atoms with Gasteiger partial charge >= 0.3 is 0 Å². The number of phenolic OH excluding ortho intramolecular Hbond substituents is 1. The van der Waals surface area contributed by atoms with Gasteiger partial charge in [0.2, 0.25) is 0 Å². The highest BCUT2D eigenvalue weighted by Crippen LogP contribution is 2.29. The number of ether oxygens (including phenoxy) is 1. The highest BCUT2D eigenvalue weighted by molar-refractivity contribution is 5.45. The van der Waals surface area contributed by atoms with Crippen LogP contribution >= 0.6 is 0 Å². The van der Waals surface area contributed by atoms with E-state index in [1.54, 1.807) is 6.07 Å². The van der Waals surface area contributed by atoms with Crippen molar-refractivity contribution in [2.75, 3.05) is 19.8 Å². The summed E-state index contributed by atoms with van der Waals surface area (Å²) in [5.74, 6) is 1.24. The molecule has 0 saturated carbocycles. The summed E-state index contributed by atoms with van der Waals surface area (Å²) in [5.41, 5.74) is 0.843. The third-order valence-corrected chi connectivity index (χ3v) is 3.37. The monoisotopic (exact) mass is 281 g/mol. The lowest BCUT2D eigenvalue weighted by Gasteiger charge is -2.16. The van der Waals surface area contributed by atoms with E-state index in [4.69, 9.17) is 9.84 Å². The quantitative estimate of drug-likeness (QED) is 0.617. The highest BCUT2D eigenvalue weighted by Gasteiger charge is 2.10. The third kappa shape index (κ3) is 5.39.